The number of benzene rings is 1. The third-order valence-corrected chi connectivity index (χ3v) is 6.34. The normalized spacial score (nSPS) is 11.1. The molecule has 1 aromatic carbocycles. The number of nitrogens with one attached hydrogen (secondary N) is 3. The molecule has 0 spiro atoms. The molecule has 5 aromatic rings. The van der Waals surface area contributed by atoms with Crippen LogP contribution >= 0.6 is 0 Å². The lowest BCUT2D eigenvalue weighted by Crippen LogP contribution is -2.03. The Balaban J connectivity index is 1.42. The van der Waals surface area contributed by atoms with E-state index in [-0.39, 0.29) is 5.82 Å². The van der Waals surface area contributed by atoms with Crippen LogP contribution in [0.4, 0.5) is 15.8 Å². The second-order valence-corrected chi connectivity index (χ2v) is 9.93. The van der Waals surface area contributed by atoms with Gasteiger partial charge in [-0.1, -0.05) is 39.1 Å². The first-order chi connectivity index (χ1) is 18.8. The van der Waals surface area contributed by atoms with Crippen LogP contribution in [-0.4, -0.2) is 25.1 Å². The summed E-state index contributed by atoms with van der Waals surface area (Å²) in [5.41, 5.74) is 9.30. The maximum atomic E-state index is 13.8. The van der Waals surface area contributed by atoms with Crippen molar-refractivity contribution in [2.45, 2.75) is 27.2 Å². The minimum atomic E-state index is -0.295. The molecular weight excluding hydrogens is 489 g/mol. The number of pyridine rings is 3. The van der Waals surface area contributed by atoms with Gasteiger partial charge >= 0.3 is 0 Å². The summed E-state index contributed by atoms with van der Waals surface area (Å²) in [5.74, 6) is 0.214. The minimum absolute atomic E-state index is 0.295. The number of H-pyrrole nitrogens is 1. The van der Waals surface area contributed by atoms with E-state index >= 15 is 0 Å². The van der Waals surface area contributed by atoms with E-state index in [1.54, 1.807) is 30.9 Å². The molecule has 39 heavy (non-hydrogen) atoms. The predicted octanol–water partition coefficient (Wildman–Crippen LogP) is 7.58. The molecule has 0 aliphatic carbocycles. The molecule has 4 heterocycles. The van der Waals surface area contributed by atoms with Gasteiger partial charge in [-0.25, -0.2) is 9.37 Å². The number of anilines is 2. The van der Waals surface area contributed by atoms with Gasteiger partial charge in [0.1, 0.15) is 17.0 Å². The van der Waals surface area contributed by atoms with Crippen molar-refractivity contribution in [2.24, 2.45) is 5.92 Å². The zero-order chi connectivity index (χ0) is 27.5. The molecule has 0 radical (unpaired) electrons. The first-order valence-electron chi connectivity index (χ1n) is 12.7. The Bertz CT molecular complexity index is 1690. The molecule has 0 unspecified atom stereocenters. The number of aromatic nitrogens is 5. The van der Waals surface area contributed by atoms with E-state index in [1.807, 2.05) is 31.2 Å². The average molecular weight is 520 g/mol. The van der Waals surface area contributed by atoms with E-state index < -0.39 is 0 Å². The zero-order valence-corrected chi connectivity index (χ0v) is 22.2. The van der Waals surface area contributed by atoms with Crippen molar-refractivity contribution in [3.05, 3.63) is 103 Å². The van der Waals surface area contributed by atoms with Crippen LogP contribution in [0.1, 0.15) is 31.5 Å². The van der Waals surface area contributed by atoms with Gasteiger partial charge in [-0.05, 0) is 60.7 Å². The van der Waals surface area contributed by atoms with Crippen molar-refractivity contribution < 1.29 is 4.39 Å². The van der Waals surface area contributed by atoms with Gasteiger partial charge in [-0.2, -0.15) is 5.10 Å². The first-order valence-corrected chi connectivity index (χ1v) is 12.7. The molecule has 0 bridgehead atoms. The van der Waals surface area contributed by atoms with E-state index in [9.17, 15) is 4.39 Å². The maximum absolute atomic E-state index is 13.8. The average Bonchev–Trinajstić information content (AvgIpc) is 3.33. The lowest BCUT2D eigenvalue weighted by Gasteiger charge is -2.14. The second-order valence-electron chi connectivity index (χ2n) is 9.93. The van der Waals surface area contributed by atoms with Crippen LogP contribution in [0.2, 0.25) is 0 Å². The van der Waals surface area contributed by atoms with Gasteiger partial charge < -0.3 is 10.6 Å². The van der Waals surface area contributed by atoms with Crippen LogP contribution in [0.15, 0.2) is 86.1 Å². The molecule has 3 N–H and O–H groups in total. The van der Waals surface area contributed by atoms with Crippen LogP contribution in [0.3, 0.4) is 0 Å². The molecule has 5 rings (SSSR count). The number of halogens is 1. The largest absolute Gasteiger partial charge is 0.358 e. The summed E-state index contributed by atoms with van der Waals surface area (Å²) in [6.45, 7) is 14.6. The topological polar surface area (TPSA) is 91.4 Å². The fourth-order valence-electron chi connectivity index (χ4n) is 4.49. The lowest BCUT2D eigenvalue weighted by atomic mass is 10.0. The number of allylic oxidation sites excluding steroid dienone is 1. The van der Waals surface area contributed by atoms with Gasteiger partial charge in [0.25, 0.3) is 0 Å². The van der Waals surface area contributed by atoms with Crippen molar-refractivity contribution in [1.82, 2.24) is 25.1 Å². The van der Waals surface area contributed by atoms with Crippen molar-refractivity contribution in [3.8, 4) is 22.4 Å². The summed E-state index contributed by atoms with van der Waals surface area (Å²) in [6.07, 6.45) is 7.88. The van der Waals surface area contributed by atoms with Gasteiger partial charge in [-0.3, -0.25) is 15.1 Å². The highest BCUT2D eigenvalue weighted by atomic mass is 19.1. The standard InChI is InChI=1S/C31H30FN7/c1-18(2)11-19(3)35-25-13-23(14-33-15-25)27-9-10-28-31(37-27)30(39-38-28)21(5)36-29-17-34-16-26(20(29)4)22-7-6-8-24(32)12-22/h6-10,12-18,35-36H,3,5,11H2,1-2,4H3,(H,38,39). The maximum Gasteiger partial charge on any atom is 0.134 e. The van der Waals surface area contributed by atoms with E-state index in [2.05, 4.69) is 57.8 Å². The van der Waals surface area contributed by atoms with Gasteiger partial charge in [0.15, 0.2) is 0 Å². The van der Waals surface area contributed by atoms with Gasteiger partial charge in [0, 0.05) is 29.2 Å². The molecular formula is C31H30FN7. The Morgan fingerprint density at radius 2 is 1.79 bits per heavy atom. The Labute approximate surface area is 227 Å². The Kier molecular flexibility index (Phi) is 7.19. The summed E-state index contributed by atoms with van der Waals surface area (Å²) in [4.78, 5) is 13.6. The van der Waals surface area contributed by atoms with Crippen molar-refractivity contribution >= 4 is 28.1 Å². The Hall–Kier alpha value is -4.85. The zero-order valence-electron chi connectivity index (χ0n) is 22.2. The third-order valence-electron chi connectivity index (χ3n) is 6.34. The lowest BCUT2D eigenvalue weighted by molar-refractivity contribution is 0.628. The Morgan fingerprint density at radius 3 is 2.59 bits per heavy atom. The van der Waals surface area contributed by atoms with E-state index in [0.717, 1.165) is 57.0 Å². The van der Waals surface area contributed by atoms with E-state index in [0.29, 0.717) is 22.8 Å². The van der Waals surface area contributed by atoms with Crippen molar-refractivity contribution in [1.29, 1.82) is 0 Å². The molecule has 0 atom stereocenters. The number of rotatable bonds is 9. The molecule has 196 valence electrons. The van der Waals surface area contributed by atoms with Crippen LogP contribution in [-0.2, 0) is 0 Å². The monoisotopic (exact) mass is 519 g/mol. The van der Waals surface area contributed by atoms with Crippen LogP contribution in [0.25, 0.3) is 39.1 Å². The first kappa shape index (κ1) is 25.8. The molecule has 4 aromatic heterocycles. The summed E-state index contributed by atoms with van der Waals surface area (Å²) in [6, 6.07) is 12.3. The van der Waals surface area contributed by atoms with Crippen LogP contribution < -0.4 is 10.6 Å². The molecule has 0 saturated carbocycles. The molecule has 0 aliphatic heterocycles. The molecule has 0 amide bonds. The fraction of sp³-hybridized carbons (Fsp3) is 0.161. The van der Waals surface area contributed by atoms with Crippen LogP contribution in [0, 0.1) is 18.7 Å². The van der Waals surface area contributed by atoms with Crippen molar-refractivity contribution in [3.63, 3.8) is 0 Å². The number of hydrogen-bond acceptors (Lipinski definition) is 6. The van der Waals surface area contributed by atoms with E-state index in [4.69, 9.17) is 4.98 Å². The molecule has 0 saturated heterocycles. The van der Waals surface area contributed by atoms with E-state index in [1.165, 1.54) is 12.1 Å². The molecule has 0 fully saturated rings. The summed E-state index contributed by atoms with van der Waals surface area (Å²) in [7, 11) is 0. The molecule has 7 nitrogen and oxygen atoms in total. The highest BCUT2D eigenvalue weighted by molar-refractivity contribution is 5.92. The highest BCUT2D eigenvalue weighted by Crippen LogP contribution is 2.31. The summed E-state index contributed by atoms with van der Waals surface area (Å²) in [5, 5.41) is 14.2. The minimum Gasteiger partial charge on any atom is -0.358 e. The smallest absolute Gasteiger partial charge is 0.134 e. The fourth-order valence-corrected chi connectivity index (χ4v) is 4.49. The summed E-state index contributed by atoms with van der Waals surface area (Å²) < 4.78 is 13.8. The molecule has 0 aliphatic rings. The Morgan fingerprint density at radius 1 is 0.974 bits per heavy atom. The highest BCUT2D eigenvalue weighted by Gasteiger charge is 2.15. The second kappa shape index (κ2) is 10.9. The number of hydrogen-bond donors (Lipinski definition) is 3. The quantitative estimate of drug-likeness (QED) is 0.186. The number of fused-ring (bicyclic) bond motifs is 1. The predicted molar refractivity (Wildman–Crippen MR) is 156 cm³/mol. The van der Waals surface area contributed by atoms with Crippen molar-refractivity contribution in [2.75, 3.05) is 10.6 Å². The SMILES string of the molecule is C=C(CC(C)C)Nc1cncc(-c2ccc3[nH]nc(C(=C)Nc4cncc(-c5cccc(F)c5)c4C)c3n2)c1. The number of nitrogens with zero attached hydrogens (tertiary/aromatic N) is 4. The van der Waals surface area contributed by atoms with Gasteiger partial charge in [-0.15, -0.1) is 0 Å². The van der Waals surface area contributed by atoms with Gasteiger partial charge in [0.05, 0.1) is 40.7 Å². The molecule has 8 heteroatoms. The number of aromatic amines is 1. The van der Waals surface area contributed by atoms with Gasteiger partial charge in [0.2, 0.25) is 0 Å². The van der Waals surface area contributed by atoms with Crippen LogP contribution in [0.5, 0.6) is 0 Å². The third kappa shape index (κ3) is 5.70. The summed E-state index contributed by atoms with van der Waals surface area (Å²) >= 11 is 0.